The highest BCUT2D eigenvalue weighted by atomic mass is 16.8. The maximum atomic E-state index is 12.1. The Balaban J connectivity index is 1.23. The monoisotopic (exact) mass is 766 g/mol. The summed E-state index contributed by atoms with van der Waals surface area (Å²) in [7, 11) is 0. The van der Waals surface area contributed by atoms with Gasteiger partial charge in [0.15, 0.2) is 12.6 Å². The number of hydrogen-bond donors (Lipinski definition) is 8. The number of rotatable bonds is 9. The van der Waals surface area contributed by atoms with Gasteiger partial charge in [-0.3, -0.25) is 0 Å². The third-order valence-corrected chi connectivity index (χ3v) is 16.1. The van der Waals surface area contributed by atoms with Crippen LogP contribution in [0.15, 0.2) is 23.3 Å². The second-order valence-electron chi connectivity index (χ2n) is 19.4. The molecule has 19 atom stereocenters. The number of fused-ring (bicyclic) bond motifs is 5. The van der Waals surface area contributed by atoms with E-state index in [4.69, 9.17) is 18.9 Å². The van der Waals surface area contributed by atoms with Gasteiger partial charge in [0.1, 0.15) is 48.8 Å². The quantitative estimate of drug-likeness (QED) is 0.126. The van der Waals surface area contributed by atoms with Crippen molar-refractivity contribution in [2.24, 2.45) is 45.3 Å². The molecule has 310 valence electrons. The topological polar surface area (TPSA) is 199 Å². The van der Waals surface area contributed by atoms with E-state index in [2.05, 4.69) is 67.5 Å². The van der Waals surface area contributed by atoms with E-state index in [0.717, 1.165) is 44.9 Å². The first-order valence-electron chi connectivity index (χ1n) is 20.5. The van der Waals surface area contributed by atoms with Gasteiger partial charge in [0.05, 0.1) is 25.4 Å². The predicted molar refractivity (Wildman–Crippen MR) is 199 cm³/mol. The van der Waals surface area contributed by atoms with E-state index in [1.54, 1.807) is 0 Å². The molecule has 54 heavy (non-hydrogen) atoms. The van der Waals surface area contributed by atoms with Gasteiger partial charge in [0.2, 0.25) is 0 Å². The van der Waals surface area contributed by atoms with E-state index < -0.39 is 80.0 Å². The molecule has 12 nitrogen and oxygen atoms in total. The van der Waals surface area contributed by atoms with Crippen LogP contribution in [-0.2, 0) is 18.9 Å². The maximum Gasteiger partial charge on any atom is 0.187 e. The number of allylic oxidation sites excluding steroid dienone is 4. The summed E-state index contributed by atoms with van der Waals surface area (Å²) < 4.78 is 24.4. The molecule has 4 saturated carbocycles. The normalized spacial score (nSPS) is 51.9. The Morgan fingerprint density at radius 2 is 1.28 bits per heavy atom. The highest BCUT2D eigenvalue weighted by Gasteiger charge is 2.70. The van der Waals surface area contributed by atoms with Crippen LogP contribution in [0.4, 0.5) is 0 Å². The summed E-state index contributed by atoms with van der Waals surface area (Å²) in [5, 5.41) is 85.4. The summed E-state index contributed by atoms with van der Waals surface area (Å²) in [5.74, 6) is 1.14. The van der Waals surface area contributed by atoms with Crippen LogP contribution in [0.2, 0.25) is 0 Å². The van der Waals surface area contributed by atoms with Gasteiger partial charge in [-0.15, -0.1) is 0 Å². The van der Waals surface area contributed by atoms with Crippen LogP contribution in [0.1, 0.15) is 107 Å². The van der Waals surface area contributed by atoms with Gasteiger partial charge in [-0.05, 0) is 117 Å². The molecule has 6 fully saturated rings. The van der Waals surface area contributed by atoms with E-state index >= 15 is 0 Å². The summed E-state index contributed by atoms with van der Waals surface area (Å²) in [4.78, 5) is 0. The van der Waals surface area contributed by atoms with Crippen molar-refractivity contribution in [3.05, 3.63) is 23.3 Å². The Kier molecular flexibility index (Phi) is 12.3. The van der Waals surface area contributed by atoms with E-state index in [9.17, 15) is 40.9 Å². The molecular formula is C42H70O12. The minimum absolute atomic E-state index is 0.00171. The molecule has 0 aromatic rings. The van der Waals surface area contributed by atoms with Gasteiger partial charge in [-0.25, -0.2) is 0 Å². The average Bonchev–Trinajstić information content (AvgIpc) is 3.49. The molecule has 12 heteroatoms. The molecule has 0 aromatic carbocycles. The number of ether oxygens (including phenoxy) is 4. The van der Waals surface area contributed by atoms with Crippen molar-refractivity contribution in [3.8, 4) is 0 Å². The van der Waals surface area contributed by atoms with Crippen molar-refractivity contribution in [1.29, 1.82) is 0 Å². The van der Waals surface area contributed by atoms with E-state index in [1.807, 2.05) is 0 Å². The lowest BCUT2D eigenvalue weighted by atomic mass is 9.35. The van der Waals surface area contributed by atoms with Crippen molar-refractivity contribution in [3.63, 3.8) is 0 Å². The van der Waals surface area contributed by atoms with E-state index in [1.165, 1.54) is 11.1 Å². The van der Waals surface area contributed by atoms with Crippen LogP contribution in [0.25, 0.3) is 0 Å². The van der Waals surface area contributed by atoms with E-state index in [-0.39, 0.29) is 40.3 Å². The van der Waals surface area contributed by atoms with Crippen molar-refractivity contribution in [2.75, 3.05) is 13.2 Å². The van der Waals surface area contributed by atoms with Gasteiger partial charge in [0.25, 0.3) is 0 Å². The van der Waals surface area contributed by atoms with Crippen molar-refractivity contribution in [1.82, 2.24) is 0 Å². The lowest BCUT2D eigenvalue weighted by Crippen LogP contribution is -2.67. The van der Waals surface area contributed by atoms with Gasteiger partial charge >= 0.3 is 0 Å². The molecular weight excluding hydrogens is 696 g/mol. The zero-order chi connectivity index (χ0) is 39.7. The Morgan fingerprint density at radius 3 is 1.91 bits per heavy atom. The van der Waals surface area contributed by atoms with E-state index in [0.29, 0.717) is 18.3 Å². The third kappa shape index (κ3) is 6.89. The van der Waals surface area contributed by atoms with Crippen LogP contribution < -0.4 is 0 Å². The Bertz CT molecular complexity index is 1380. The molecule has 0 aromatic heterocycles. The first kappa shape index (κ1) is 42.6. The molecule has 6 rings (SSSR count). The molecule has 0 spiro atoms. The van der Waals surface area contributed by atoms with Crippen molar-refractivity contribution in [2.45, 2.75) is 180 Å². The van der Waals surface area contributed by atoms with Crippen LogP contribution in [0.3, 0.4) is 0 Å². The molecule has 2 heterocycles. The second-order valence-corrected chi connectivity index (χ2v) is 19.4. The summed E-state index contributed by atoms with van der Waals surface area (Å²) in [5.41, 5.74) is 2.29. The Morgan fingerprint density at radius 1 is 0.667 bits per heavy atom. The fourth-order valence-electron chi connectivity index (χ4n) is 12.9. The molecule has 4 aliphatic carbocycles. The number of hydrogen-bond acceptors (Lipinski definition) is 12. The SMILES string of the molecule is CC(C)=CC/C=C(/C)C1CCC2(C)C1[C@H](O)CC1[C@@]3(C)CCC(OC4OC(CO)C(O)C(O)C4OC4OC(CO)C(O)C(O)C4O)C(C)(C)C3CC[C@]12C. The molecule has 8 N–H and O–H groups in total. The minimum atomic E-state index is -1.74. The van der Waals surface area contributed by atoms with Crippen LogP contribution in [0.5, 0.6) is 0 Å². The van der Waals surface area contributed by atoms with Gasteiger partial charge < -0.3 is 59.8 Å². The van der Waals surface area contributed by atoms with Crippen LogP contribution in [0, 0.1) is 45.3 Å². The smallest absolute Gasteiger partial charge is 0.187 e. The Hall–Kier alpha value is -1.00. The summed E-state index contributed by atoms with van der Waals surface area (Å²) in [6.45, 7) is 17.1. The average molecular weight is 767 g/mol. The van der Waals surface area contributed by atoms with Crippen LogP contribution >= 0.6 is 0 Å². The highest BCUT2D eigenvalue weighted by Crippen LogP contribution is 2.75. The number of aliphatic hydroxyl groups excluding tert-OH is 8. The molecule has 16 unspecified atom stereocenters. The zero-order valence-electron chi connectivity index (χ0n) is 33.7. The van der Waals surface area contributed by atoms with Gasteiger partial charge in [-0.1, -0.05) is 57.9 Å². The molecule has 0 bridgehead atoms. The zero-order valence-corrected chi connectivity index (χ0v) is 33.7. The summed E-state index contributed by atoms with van der Waals surface area (Å²) in [6.07, 6.45) is -3.65. The second kappa shape index (κ2) is 15.6. The van der Waals surface area contributed by atoms with Crippen molar-refractivity contribution >= 4 is 0 Å². The molecule has 0 radical (unpaired) electrons. The lowest BCUT2D eigenvalue weighted by molar-refractivity contribution is -0.378. The maximum absolute atomic E-state index is 12.1. The first-order valence-corrected chi connectivity index (χ1v) is 20.5. The molecule has 0 amide bonds. The predicted octanol–water partition coefficient (Wildman–Crippen LogP) is 2.95. The third-order valence-electron chi connectivity index (χ3n) is 16.1. The molecule has 2 aliphatic heterocycles. The van der Waals surface area contributed by atoms with Crippen molar-refractivity contribution < 1.29 is 59.8 Å². The van der Waals surface area contributed by atoms with Gasteiger partial charge in [0, 0.05) is 0 Å². The lowest BCUT2D eigenvalue weighted by Gasteiger charge is -2.70. The highest BCUT2D eigenvalue weighted by molar-refractivity contribution is 5.23. The van der Waals surface area contributed by atoms with Crippen LogP contribution in [-0.4, -0.2) is 128 Å². The summed E-state index contributed by atoms with van der Waals surface area (Å²) >= 11 is 0. The number of aliphatic hydroxyl groups is 8. The Labute approximate surface area is 321 Å². The molecule has 2 saturated heterocycles. The standard InChI is InChI=1S/C42H70O12/c1-21(2)10-9-11-22(3)23-12-16-42(8)30(23)24(45)18-28-40(6)15-14-29(39(4,5)27(40)13-17-41(28,42)7)53-38-36(34(49)32(47)26(20-44)52-38)54-37-35(50)33(48)31(46)25(19-43)51-37/h10-11,23-38,43-50H,9,12-20H2,1-8H3/b22-11-/t23?,24-,25?,26?,27?,28?,29?,30?,31?,32?,33?,34?,35?,36?,37?,38?,40+,41-,42?/m1/s1. The fourth-order valence-corrected chi connectivity index (χ4v) is 12.9. The fraction of sp³-hybridized carbons (Fsp3) is 0.905. The minimum Gasteiger partial charge on any atom is -0.394 e. The largest absolute Gasteiger partial charge is 0.394 e. The summed E-state index contributed by atoms with van der Waals surface area (Å²) in [6, 6.07) is 0. The first-order chi connectivity index (χ1) is 25.3. The molecule has 6 aliphatic rings. The van der Waals surface area contributed by atoms with Gasteiger partial charge in [-0.2, -0.15) is 0 Å².